The molecule has 0 heterocycles. The monoisotopic (exact) mass is 143 g/mol. The lowest BCUT2D eigenvalue weighted by molar-refractivity contribution is -0.137. The fraction of sp³-hybridized carbons (Fsp3) is 0.857. The normalized spacial score (nSPS) is 35.5. The van der Waals surface area contributed by atoms with Crippen LogP contribution in [0.15, 0.2) is 0 Å². The van der Waals surface area contributed by atoms with Crippen molar-refractivity contribution in [3.63, 3.8) is 0 Å². The molecule has 0 saturated heterocycles. The molecular formula is C7H13NO2. The molecule has 0 aliphatic heterocycles. The minimum atomic E-state index is -0.744. The Labute approximate surface area is 60.2 Å². The van der Waals surface area contributed by atoms with Crippen molar-refractivity contribution in [3.8, 4) is 0 Å². The molecule has 0 radical (unpaired) electrons. The molecule has 1 aliphatic carbocycles. The van der Waals surface area contributed by atoms with E-state index in [0.29, 0.717) is 0 Å². The molecule has 0 aromatic heterocycles. The molecule has 3 heteroatoms. The van der Waals surface area contributed by atoms with Gasteiger partial charge in [-0.25, -0.2) is 0 Å². The summed E-state index contributed by atoms with van der Waals surface area (Å²) < 4.78 is 0. The van der Waals surface area contributed by atoms with Gasteiger partial charge in [0.25, 0.3) is 0 Å². The Bertz CT molecular complexity index is 165. The molecule has 3 nitrogen and oxygen atoms in total. The summed E-state index contributed by atoms with van der Waals surface area (Å²) in [7, 11) is 0. The van der Waals surface area contributed by atoms with Gasteiger partial charge >= 0.3 is 5.97 Å². The minimum absolute atomic E-state index is 0.0540. The van der Waals surface area contributed by atoms with Crippen molar-refractivity contribution in [1.82, 2.24) is 0 Å². The van der Waals surface area contributed by atoms with Crippen molar-refractivity contribution < 1.29 is 9.90 Å². The number of hydrogen-bond donors (Lipinski definition) is 2. The van der Waals surface area contributed by atoms with Crippen molar-refractivity contribution in [2.45, 2.75) is 26.3 Å². The van der Waals surface area contributed by atoms with Gasteiger partial charge < -0.3 is 10.8 Å². The average molecular weight is 143 g/mol. The van der Waals surface area contributed by atoms with Gasteiger partial charge in [-0.1, -0.05) is 13.8 Å². The Balaban J connectivity index is 2.42. The average Bonchev–Trinajstić information content (AvgIpc) is 2.17. The molecule has 10 heavy (non-hydrogen) atoms. The van der Waals surface area contributed by atoms with Gasteiger partial charge in [0.2, 0.25) is 0 Å². The molecule has 1 saturated carbocycles. The van der Waals surface area contributed by atoms with Crippen LogP contribution in [0, 0.1) is 11.3 Å². The zero-order valence-electron chi connectivity index (χ0n) is 6.29. The number of nitrogens with two attached hydrogens (primary N) is 1. The maximum absolute atomic E-state index is 10.2. The van der Waals surface area contributed by atoms with Gasteiger partial charge in [-0.05, 0) is 11.3 Å². The second-order valence-electron chi connectivity index (χ2n) is 3.55. The van der Waals surface area contributed by atoms with E-state index in [1.807, 2.05) is 13.8 Å². The lowest BCUT2D eigenvalue weighted by atomic mass is 10.1. The van der Waals surface area contributed by atoms with Crippen LogP contribution in [0.1, 0.15) is 20.3 Å². The fourth-order valence-corrected chi connectivity index (χ4v) is 1.36. The fourth-order valence-electron chi connectivity index (χ4n) is 1.36. The van der Waals surface area contributed by atoms with Crippen molar-refractivity contribution in [1.29, 1.82) is 0 Å². The summed E-state index contributed by atoms with van der Waals surface area (Å²) in [4.78, 5) is 10.2. The van der Waals surface area contributed by atoms with Crippen molar-refractivity contribution in [2.24, 2.45) is 17.1 Å². The first-order valence-corrected chi connectivity index (χ1v) is 3.43. The molecule has 1 rings (SSSR count). The molecule has 0 aromatic rings. The smallest absolute Gasteiger partial charge is 0.303 e. The highest BCUT2D eigenvalue weighted by Gasteiger charge is 2.55. The molecule has 2 atom stereocenters. The van der Waals surface area contributed by atoms with Gasteiger partial charge in [-0.2, -0.15) is 0 Å². The Hall–Kier alpha value is -0.570. The van der Waals surface area contributed by atoms with Gasteiger partial charge in [0.15, 0.2) is 0 Å². The molecule has 0 spiro atoms. The molecule has 0 aromatic carbocycles. The third kappa shape index (κ3) is 1.01. The Morgan fingerprint density at radius 3 is 2.20 bits per heavy atom. The van der Waals surface area contributed by atoms with Gasteiger partial charge in [-0.15, -0.1) is 0 Å². The molecule has 3 N–H and O–H groups in total. The summed E-state index contributed by atoms with van der Waals surface area (Å²) in [6, 6.07) is 0.0867. The number of aliphatic carboxylic acids is 1. The lowest BCUT2D eigenvalue weighted by Gasteiger charge is -1.96. The highest BCUT2D eigenvalue weighted by molar-refractivity contribution is 5.68. The van der Waals surface area contributed by atoms with Crippen LogP contribution in [0.2, 0.25) is 0 Å². The molecule has 0 amide bonds. The van der Waals surface area contributed by atoms with Gasteiger partial charge in [-0.3, -0.25) is 4.79 Å². The Morgan fingerprint density at radius 2 is 2.10 bits per heavy atom. The van der Waals surface area contributed by atoms with Crippen LogP contribution in [-0.4, -0.2) is 17.1 Å². The largest absolute Gasteiger partial charge is 0.481 e. The maximum Gasteiger partial charge on any atom is 0.303 e. The van der Waals surface area contributed by atoms with E-state index in [1.54, 1.807) is 0 Å². The zero-order valence-corrected chi connectivity index (χ0v) is 6.29. The highest BCUT2D eigenvalue weighted by Crippen LogP contribution is 2.52. The molecular weight excluding hydrogens is 130 g/mol. The minimum Gasteiger partial charge on any atom is -0.481 e. The van der Waals surface area contributed by atoms with E-state index in [9.17, 15) is 4.79 Å². The van der Waals surface area contributed by atoms with Crippen molar-refractivity contribution >= 4 is 5.97 Å². The van der Waals surface area contributed by atoms with Gasteiger partial charge in [0.05, 0.1) is 6.42 Å². The van der Waals surface area contributed by atoms with E-state index in [1.165, 1.54) is 0 Å². The third-order valence-electron chi connectivity index (χ3n) is 2.53. The summed E-state index contributed by atoms with van der Waals surface area (Å²) in [5, 5.41) is 8.42. The molecule has 58 valence electrons. The Morgan fingerprint density at radius 1 is 1.70 bits per heavy atom. The van der Waals surface area contributed by atoms with E-state index in [4.69, 9.17) is 10.8 Å². The van der Waals surface area contributed by atoms with Crippen molar-refractivity contribution in [3.05, 3.63) is 0 Å². The summed E-state index contributed by atoms with van der Waals surface area (Å²) in [5.74, 6) is -0.559. The summed E-state index contributed by atoms with van der Waals surface area (Å²) in [5.41, 5.74) is 5.68. The molecule has 0 bridgehead atoms. The number of rotatable bonds is 2. The van der Waals surface area contributed by atoms with Crippen LogP contribution >= 0.6 is 0 Å². The molecule has 0 unspecified atom stereocenters. The molecule has 1 fully saturated rings. The first-order chi connectivity index (χ1) is 4.46. The van der Waals surface area contributed by atoms with Gasteiger partial charge in [0.1, 0.15) is 0 Å². The Kier molecular flexibility index (Phi) is 1.47. The summed E-state index contributed by atoms with van der Waals surface area (Å²) in [6.07, 6.45) is 0.216. The van der Waals surface area contributed by atoms with Crippen LogP contribution in [0.25, 0.3) is 0 Å². The SMILES string of the molecule is CC1(C)[C@H](CC(=O)O)[C@@H]1N. The van der Waals surface area contributed by atoms with Crippen molar-refractivity contribution in [2.75, 3.05) is 0 Å². The molecule has 1 aliphatic rings. The second kappa shape index (κ2) is 1.95. The predicted octanol–water partition coefficient (Wildman–Crippen LogP) is 0.444. The van der Waals surface area contributed by atoms with E-state index >= 15 is 0 Å². The van der Waals surface area contributed by atoms with Crippen LogP contribution in [-0.2, 0) is 4.79 Å². The quantitative estimate of drug-likeness (QED) is 0.589. The van der Waals surface area contributed by atoms with E-state index in [2.05, 4.69) is 0 Å². The zero-order chi connectivity index (χ0) is 7.94. The standard InChI is InChI=1S/C7H13NO2/c1-7(2)4(6(7)8)3-5(9)10/h4,6H,3,8H2,1-2H3,(H,9,10)/t4-,6+/m1/s1. The summed E-state index contributed by atoms with van der Waals surface area (Å²) >= 11 is 0. The van der Waals surface area contributed by atoms with E-state index in [0.717, 1.165) is 0 Å². The van der Waals surface area contributed by atoms with Crippen LogP contribution in [0.5, 0.6) is 0 Å². The topological polar surface area (TPSA) is 63.3 Å². The van der Waals surface area contributed by atoms with Crippen LogP contribution in [0.4, 0.5) is 0 Å². The number of carboxylic acids is 1. The van der Waals surface area contributed by atoms with Crippen LogP contribution in [0.3, 0.4) is 0 Å². The summed E-state index contributed by atoms with van der Waals surface area (Å²) in [6.45, 7) is 4.01. The highest BCUT2D eigenvalue weighted by atomic mass is 16.4. The predicted molar refractivity (Wildman–Crippen MR) is 37.5 cm³/mol. The van der Waals surface area contributed by atoms with Gasteiger partial charge in [0, 0.05) is 6.04 Å². The number of hydrogen-bond acceptors (Lipinski definition) is 2. The van der Waals surface area contributed by atoms with Crippen LogP contribution < -0.4 is 5.73 Å². The lowest BCUT2D eigenvalue weighted by Crippen LogP contribution is -2.07. The second-order valence-corrected chi connectivity index (χ2v) is 3.55. The number of carbonyl (C=O) groups is 1. The third-order valence-corrected chi connectivity index (χ3v) is 2.53. The van der Waals surface area contributed by atoms with E-state index < -0.39 is 5.97 Å². The van der Waals surface area contributed by atoms with E-state index in [-0.39, 0.29) is 23.8 Å². The first-order valence-electron chi connectivity index (χ1n) is 3.43. The maximum atomic E-state index is 10.2. The first kappa shape index (κ1) is 7.54. The number of carboxylic acid groups (broad SMARTS) is 1.